The largest absolute Gasteiger partial charge is 0.297 e. The first-order chi connectivity index (χ1) is 23.6. The summed E-state index contributed by atoms with van der Waals surface area (Å²) in [7, 11) is -1.08. The second kappa shape index (κ2) is 11.3. The van der Waals surface area contributed by atoms with Gasteiger partial charge < -0.3 is 0 Å². The molecular weight excluding hydrogens is 667 g/mol. The van der Waals surface area contributed by atoms with Crippen LogP contribution in [0.1, 0.15) is 29.2 Å². The van der Waals surface area contributed by atoms with Crippen LogP contribution in [-0.4, -0.2) is 0 Å². The van der Waals surface area contributed by atoms with E-state index in [-0.39, 0.29) is 0 Å². The zero-order valence-electron chi connectivity index (χ0n) is 26.5. The van der Waals surface area contributed by atoms with Crippen molar-refractivity contribution in [2.75, 3.05) is 9.34 Å². The molecule has 0 aromatic heterocycles. The lowest BCUT2D eigenvalue weighted by molar-refractivity contribution is 0.798. The predicted octanol–water partition coefficient (Wildman–Crippen LogP) is 12.2. The van der Waals surface area contributed by atoms with Crippen LogP contribution in [0.5, 0.6) is 0 Å². The molecule has 2 nitrogen and oxygen atoms in total. The molecule has 1 spiro atoms. The van der Waals surface area contributed by atoms with Crippen molar-refractivity contribution in [1.29, 1.82) is 0 Å². The second-order valence-corrected chi connectivity index (χ2v) is 15.2. The van der Waals surface area contributed by atoms with Crippen molar-refractivity contribution in [3.63, 3.8) is 0 Å². The van der Waals surface area contributed by atoms with E-state index >= 15 is 0 Å². The summed E-state index contributed by atoms with van der Waals surface area (Å²) in [5.74, 6) is 0. The van der Waals surface area contributed by atoms with Gasteiger partial charge in [-0.3, -0.25) is 9.34 Å². The van der Waals surface area contributed by atoms with Crippen molar-refractivity contribution in [3.8, 4) is 11.1 Å². The Morgan fingerprint density at radius 2 is 1.19 bits per heavy atom. The molecule has 0 N–H and O–H groups in total. The van der Waals surface area contributed by atoms with Crippen LogP contribution in [0.15, 0.2) is 180 Å². The molecule has 6 aromatic rings. The maximum Gasteiger partial charge on any atom is 0.138 e. The first kappa shape index (κ1) is 29.2. The van der Waals surface area contributed by atoms with Gasteiger partial charge in [0.1, 0.15) is 8.22 Å². The SMILES string of the molecule is C=C1/C(=C\C=C/C)c2ccccc2C12c1ccccc1-c1ccc(P3N(c4ccccc4)c4ccc(Br)cc4N3c3ccccc3)cc12. The van der Waals surface area contributed by atoms with E-state index in [1.807, 2.05) is 0 Å². The molecule has 3 aliphatic rings. The highest BCUT2D eigenvalue weighted by Gasteiger charge is 2.53. The molecule has 0 bridgehead atoms. The lowest BCUT2D eigenvalue weighted by Gasteiger charge is -2.34. The van der Waals surface area contributed by atoms with Gasteiger partial charge in [-0.05, 0) is 100.0 Å². The zero-order chi connectivity index (χ0) is 32.4. The summed E-state index contributed by atoms with van der Waals surface area (Å²) in [4.78, 5) is 0. The fourth-order valence-electron chi connectivity index (χ4n) is 7.97. The molecule has 2 atom stereocenters. The number of rotatable bonds is 4. The van der Waals surface area contributed by atoms with Crippen molar-refractivity contribution >= 4 is 57.8 Å². The molecule has 48 heavy (non-hydrogen) atoms. The molecule has 6 aromatic carbocycles. The van der Waals surface area contributed by atoms with Gasteiger partial charge in [-0.1, -0.05) is 138 Å². The number of hydrogen-bond acceptors (Lipinski definition) is 2. The fraction of sp³-hybridized carbons (Fsp3) is 0.0455. The summed E-state index contributed by atoms with van der Waals surface area (Å²) in [6, 6.07) is 53.4. The molecule has 230 valence electrons. The van der Waals surface area contributed by atoms with Crippen LogP contribution >= 0.6 is 24.2 Å². The molecule has 0 fully saturated rings. The van der Waals surface area contributed by atoms with Crippen molar-refractivity contribution < 1.29 is 0 Å². The van der Waals surface area contributed by atoms with Crippen molar-refractivity contribution in [3.05, 3.63) is 203 Å². The van der Waals surface area contributed by atoms with E-state index in [1.165, 1.54) is 67.0 Å². The molecule has 0 saturated heterocycles. The highest BCUT2D eigenvalue weighted by Crippen LogP contribution is 2.67. The quantitative estimate of drug-likeness (QED) is 0.169. The maximum atomic E-state index is 4.91. The number of allylic oxidation sites excluding steroid dienone is 5. The molecule has 4 heteroatoms. The van der Waals surface area contributed by atoms with Gasteiger partial charge in [0.25, 0.3) is 0 Å². The first-order valence-electron chi connectivity index (χ1n) is 16.3. The second-order valence-electron chi connectivity index (χ2n) is 12.4. The van der Waals surface area contributed by atoms with Crippen LogP contribution in [0.2, 0.25) is 0 Å². The normalized spacial score (nSPS) is 19.7. The van der Waals surface area contributed by atoms with Crippen LogP contribution in [0, 0.1) is 0 Å². The van der Waals surface area contributed by atoms with E-state index in [9.17, 15) is 0 Å². The maximum absolute atomic E-state index is 4.91. The van der Waals surface area contributed by atoms with Gasteiger partial charge in [-0.25, -0.2) is 0 Å². The minimum Gasteiger partial charge on any atom is -0.297 e. The Kier molecular flexibility index (Phi) is 6.90. The topological polar surface area (TPSA) is 6.48 Å². The fourth-order valence-corrected chi connectivity index (χ4v) is 10.9. The van der Waals surface area contributed by atoms with Crippen LogP contribution in [0.4, 0.5) is 22.7 Å². The number of benzene rings is 6. The molecule has 1 aliphatic heterocycles. The molecule has 0 saturated carbocycles. The van der Waals surface area contributed by atoms with Gasteiger partial charge in [0.2, 0.25) is 0 Å². The van der Waals surface area contributed by atoms with E-state index < -0.39 is 13.6 Å². The molecule has 9 rings (SSSR count). The molecule has 0 amide bonds. The van der Waals surface area contributed by atoms with E-state index in [0.29, 0.717) is 0 Å². The summed E-state index contributed by atoms with van der Waals surface area (Å²) in [5, 5.41) is 1.28. The van der Waals surface area contributed by atoms with Crippen LogP contribution in [0.3, 0.4) is 0 Å². The Hall–Kier alpha value is -4.95. The third-order valence-electron chi connectivity index (χ3n) is 9.89. The Morgan fingerprint density at radius 1 is 0.604 bits per heavy atom. The Labute approximate surface area is 292 Å². The van der Waals surface area contributed by atoms with E-state index in [1.54, 1.807) is 0 Å². The zero-order valence-corrected chi connectivity index (χ0v) is 29.0. The number of fused-ring (bicyclic) bond motifs is 8. The van der Waals surface area contributed by atoms with E-state index in [2.05, 4.69) is 196 Å². The molecule has 1 heterocycles. The number of anilines is 4. The standard InChI is InChI=1S/C44H32BrN2P/c1-3-4-19-35-30(2)44(39-22-13-11-20-36(35)39)40-23-14-12-21-37(40)38-26-25-34(29-41(38)44)48-46(32-15-7-5-8-16-32)42-27-24-31(45)28-43(42)47(48)33-17-9-6-10-18-33/h3-29H,2H2,1H3/b4-3-,35-19+. The summed E-state index contributed by atoms with van der Waals surface area (Å²) >= 11 is 3.80. The summed E-state index contributed by atoms with van der Waals surface area (Å²) in [6.07, 6.45) is 6.48. The van der Waals surface area contributed by atoms with Crippen molar-refractivity contribution in [1.82, 2.24) is 0 Å². The van der Waals surface area contributed by atoms with Crippen LogP contribution < -0.4 is 14.6 Å². The number of halogens is 1. The minimum atomic E-state index is -1.08. The van der Waals surface area contributed by atoms with Gasteiger partial charge >= 0.3 is 0 Å². The summed E-state index contributed by atoms with van der Waals surface area (Å²) in [5.41, 5.74) is 14.4. The van der Waals surface area contributed by atoms with Gasteiger partial charge in [0.15, 0.2) is 0 Å². The number of para-hydroxylation sites is 2. The third kappa shape index (κ3) is 4.08. The lowest BCUT2D eigenvalue weighted by atomic mass is 9.71. The van der Waals surface area contributed by atoms with Gasteiger partial charge in [-0.15, -0.1) is 0 Å². The Morgan fingerprint density at radius 3 is 1.88 bits per heavy atom. The molecule has 2 aliphatic carbocycles. The monoisotopic (exact) mass is 698 g/mol. The van der Waals surface area contributed by atoms with E-state index in [0.717, 1.165) is 10.0 Å². The van der Waals surface area contributed by atoms with Crippen molar-refractivity contribution in [2.45, 2.75) is 12.3 Å². The minimum absolute atomic E-state index is 0.480. The average Bonchev–Trinajstić information content (AvgIpc) is 3.72. The third-order valence-corrected chi connectivity index (χ3v) is 12.8. The highest BCUT2D eigenvalue weighted by atomic mass is 79.9. The smallest absolute Gasteiger partial charge is 0.138 e. The van der Waals surface area contributed by atoms with E-state index in [4.69, 9.17) is 6.58 Å². The lowest BCUT2D eigenvalue weighted by Crippen LogP contribution is -2.28. The summed E-state index contributed by atoms with van der Waals surface area (Å²) < 4.78 is 6.16. The predicted molar refractivity (Wildman–Crippen MR) is 208 cm³/mol. The van der Waals surface area contributed by atoms with Crippen LogP contribution in [-0.2, 0) is 5.41 Å². The Bertz CT molecular complexity index is 2310. The average molecular weight is 700 g/mol. The first-order valence-corrected chi connectivity index (χ1v) is 18.3. The number of nitrogens with zero attached hydrogens (tertiary/aromatic N) is 2. The van der Waals surface area contributed by atoms with Gasteiger partial charge in [0, 0.05) is 21.2 Å². The molecule has 2 unspecified atom stereocenters. The van der Waals surface area contributed by atoms with Gasteiger partial charge in [0.05, 0.1) is 16.8 Å². The molecular formula is C44H32BrN2P. The van der Waals surface area contributed by atoms with Crippen LogP contribution in [0.25, 0.3) is 16.7 Å². The van der Waals surface area contributed by atoms with Crippen molar-refractivity contribution in [2.24, 2.45) is 0 Å². The molecule has 0 radical (unpaired) electrons. The van der Waals surface area contributed by atoms with Gasteiger partial charge in [-0.2, -0.15) is 0 Å². The Balaban J connectivity index is 1.33. The summed E-state index contributed by atoms with van der Waals surface area (Å²) in [6.45, 7) is 6.98. The highest BCUT2D eigenvalue weighted by molar-refractivity contribution is 9.10. The number of hydrogen-bond donors (Lipinski definition) is 0.